The number of halogens is 2. The molecule has 0 aliphatic heterocycles. The fourth-order valence-corrected chi connectivity index (χ4v) is 3.57. The molecule has 0 amide bonds. The van der Waals surface area contributed by atoms with Gasteiger partial charge in [-0.3, -0.25) is 4.98 Å². The predicted octanol–water partition coefficient (Wildman–Crippen LogP) is 4.54. The molecule has 0 radical (unpaired) electrons. The first-order valence-corrected chi connectivity index (χ1v) is 8.94. The molecule has 0 aliphatic rings. The van der Waals surface area contributed by atoms with Gasteiger partial charge < -0.3 is 11.5 Å². The zero-order valence-electron chi connectivity index (χ0n) is 14.0. The maximum atomic E-state index is 6.59. The first kappa shape index (κ1) is 18.2. The second kappa shape index (κ2) is 7.30. The summed E-state index contributed by atoms with van der Waals surface area (Å²) in [5.41, 5.74) is 15.1. The van der Waals surface area contributed by atoms with Gasteiger partial charge in [-0.25, -0.2) is 0 Å². The van der Waals surface area contributed by atoms with Crippen molar-refractivity contribution in [3.63, 3.8) is 0 Å². The Labute approximate surface area is 158 Å². The van der Waals surface area contributed by atoms with E-state index in [0.29, 0.717) is 16.6 Å². The molecule has 2 aromatic carbocycles. The number of nitrogens with zero attached hydrogens (tertiary/aromatic N) is 1. The quantitative estimate of drug-likeness (QED) is 0.689. The Morgan fingerprint density at radius 1 is 1.08 bits per heavy atom. The number of hydrogen-bond acceptors (Lipinski definition) is 3. The van der Waals surface area contributed by atoms with Crippen LogP contribution in [0.15, 0.2) is 54.7 Å². The van der Waals surface area contributed by atoms with E-state index in [-0.39, 0.29) is 5.92 Å². The van der Waals surface area contributed by atoms with Crippen molar-refractivity contribution in [2.75, 3.05) is 6.54 Å². The molecule has 3 aromatic rings. The summed E-state index contributed by atoms with van der Waals surface area (Å²) < 4.78 is 0. The van der Waals surface area contributed by atoms with Crippen molar-refractivity contribution in [3.8, 4) is 0 Å². The standard InChI is InChI=1S/C20H21Cl2N3/c1-20(24,12-23)18(10-13-3-2-4-14(21)9-13)16-7-8-25-19-11-15(22)5-6-17(16)19/h2-9,11,18H,10,12,23-24H2,1H3. The van der Waals surface area contributed by atoms with Gasteiger partial charge in [-0.2, -0.15) is 0 Å². The van der Waals surface area contributed by atoms with Gasteiger partial charge in [0.05, 0.1) is 5.52 Å². The molecule has 0 saturated heterocycles. The van der Waals surface area contributed by atoms with Crippen LogP contribution in [0.25, 0.3) is 10.9 Å². The van der Waals surface area contributed by atoms with Gasteiger partial charge in [0, 0.05) is 39.6 Å². The van der Waals surface area contributed by atoms with Crippen LogP contribution < -0.4 is 11.5 Å². The van der Waals surface area contributed by atoms with Gasteiger partial charge in [-0.15, -0.1) is 0 Å². The van der Waals surface area contributed by atoms with Gasteiger partial charge in [0.2, 0.25) is 0 Å². The zero-order chi connectivity index (χ0) is 18.0. The van der Waals surface area contributed by atoms with Crippen LogP contribution in [0.2, 0.25) is 10.0 Å². The van der Waals surface area contributed by atoms with Crippen LogP contribution in [-0.2, 0) is 6.42 Å². The number of fused-ring (bicyclic) bond motifs is 1. The third-order valence-electron chi connectivity index (χ3n) is 4.68. The lowest BCUT2D eigenvalue weighted by Crippen LogP contribution is -2.50. The number of nitrogens with two attached hydrogens (primary N) is 2. The lowest BCUT2D eigenvalue weighted by atomic mass is 9.76. The first-order valence-electron chi connectivity index (χ1n) is 8.18. The lowest BCUT2D eigenvalue weighted by molar-refractivity contribution is 0.384. The first-order chi connectivity index (χ1) is 11.9. The van der Waals surface area contributed by atoms with E-state index in [1.54, 1.807) is 6.20 Å². The Kier molecular flexibility index (Phi) is 5.30. The molecular weight excluding hydrogens is 353 g/mol. The van der Waals surface area contributed by atoms with E-state index in [1.807, 2.05) is 49.4 Å². The highest BCUT2D eigenvalue weighted by Gasteiger charge is 2.31. The molecule has 2 unspecified atom stereocenters. The molecule has 0 fully saturated rings. The molecule has 0 spiro atoms. The topological polar surface area (TPSA) is 64.9 Å². The Hall–Kier alpha value is -1.65. The van der Waals surface area contributed by atoms with E-state index >= 15 is 0 Å². The molecule has 130 valence electrons. The molecule has 5 heteroatoms. The van der Waals surface area contributed by atoms with Gasteiger partial charge in [-0.05, 0) is 54.8 Å². The van der Waals surface area contributed by atoms with Crippen LogP contribution in [0.5, 0.6) is 0 Å². The molecule has 4 N–H and O–H groups in total. The third-order valence-corrected chi connectivity index (χ3v) is 5.15. The smallest absolute Gasteiger partial charge is 0.0719 e. The summed E-state index contributed by atoms with van der Waals surface area (Å²) >= 11 is 12.3. The average molecular weight is 374 g/mol. The van der Waals surface area contributed by atoms with Crippen LogP contribution in [-0.4, -0.2) is 17.1 Å². The SMILES string of the molecule is CC(N)(CN)C(Cc1cccc(Cl)c1)c1ccnc2cc(Cl)ccc12. The number of rotatable bonds is 5. The van der Waals surface area contributed by atoms with Crippen molar-refractivity contribution < 1.29 is 0 Å². The Morgan fingerprint density at radius 2 is 1.84 bits per heavy atom. The van der Waals surface area contributed by atoms with Gasteiger partial charge in [0.1, 0.15) is 0 Å². The predicted molar refractivity (Wildman–Crippen MR) is 106 cm³/mol. The Morgan fingerprint density at radius 3 is 2.56 bits per heavy atom. The van der Waals surface area contributed by atoms with E-state index < -0.39 is 5.54 Å². The minimum absolute atomic E-state index is 0.0163. The number of benzene rings is 2. The second-order valence-electron chi connectivity index (χ2n) is 6.66. The molecule has 0 saturated carbocycles. The summed E-state index contributed by atoms with van der Waals surface area (Å²) in [6.45, 7) is 2.36. The van der Waals surface area contributed by atoms with Crippen molar-refractivity contribution >= 4 is 34.1 Å². The van der Waals surface area contributed by atoms with E-state index in [2.05, 4.69) is 11.1 Å². The van der Waals surface area contributed by atoms with Crippen LogP contribution in [0.1, 0.15) is 24.0 Å². The van der Waals surface area contributed by atoms with E-state index in [4.69, 9.17) is 34.7 Å². The summed E-state index contributed by atoms with van der Waals surface area (Å²) in [6.07, 6.45) is 2.54. The molecule has 3 nitrogen and oxygen atoms in total. The second-order valence-corrected chi connectivity index (χ2v) is 7.53. The average Bonchev–Trinajstić information content (AvgIpc) is 2.59. The van der Waals surface area contributed by atoms with Gasteiger partial charge in [0.25, 0.3) is 0 Å². The van der Waals surface area contributed by atoms with Gasteiger partial charge in [0.15, 0.2) is 0 Å². The molecule has 2 atom stereocenters. The molecule has 25 heavy (non-hydrogen) atoms. The van der Waals surface area contributed by atoms with Gasteiger partial charge in [-0.1, -0.05) is 41.4 Å². The summed E-state index contributed by atoms with van der Waals surface area (Å²) in [7, 11) is 0. The summed E-state index contributed by atoms with van der Waals surface area (Å²) in [5, 5.41) is 2.43. The van der Waals surface area contributed by atoms with Gasteiger partial charge >= 0.3 is 0 Å². The summed E-state index contributed by atoms with van der Waals surface area (Å²) in [4.78, 5) is 4.44. The largest absolute Gasteiger partial charge is 0.329 e. The van der Waals surface area contributed by atoms with E-state index in [9.17, 15) is 0 Å². The fourth-order valence-electron chi connectivity index (χ4n) is 3.19. The number of aromatic nitrogens is 1. The monoisotopic (exact) mass is 373 g/mol. The normalized spacial score (nSPS) is 15.1. The molecule has 0 aliphatic carbocycles. The zero-order valence-corrected chi connectivity index (χ0v) is 15.6. The number of hydrogen-bond donors (Lipinski definition) is 2. The maximum absolute atomic E-state index is 6.59. The molecule has 1 heterocycles. The van der Waals surface area contributed by atoms with E-state index in [0.717, 1.165) is 28.5 Å². The van der Waals surface area contributed by atoms with Crippen molar-refractivity contribution in [3.05, 3.63) is 75.9 Å². The molecular formula is C20H21Cl2N3. The number of pyridine rings is 1. The van der Waals surface area contributed by atoms with Crippen molar-refractivity contribution in [1.82, 2.24) is 4.98 Å². The minimum Gasteiger partial charge on any atom is -0.329 e. The van der Waals surface area contributed by atoms with E-state index in [1.165, 1.54) is 0 Å². The van der Waals surface area contributed by atoms with Crippen LogP contribution in [0, 0.1) is 0 Å². The van der Waals surface area contributed by atoms with Crippen LogP contribution >= 0.6 is 23.2 Å². The highest BCUT2D eigenvalue weighted by atomic mass is 35.5. The Bertz CT molecular complexity index is 893. The summed E-state index contributed by atoms with van der Waals surface area (Å²) in [5.74, 6) is 0.0163. The Balaban J connectivity index is 2.12. The lowest BCUT2D eigenvalue weighted by Gasteiger charge is -2.34. The molecule has 3 rings (SSSR count). The fraction of sp³-hybridized carbons (Fsp3) is 0.250. The molecule has 1 aromatic heterocycles. The van der Waals surface area contributed by atoms with Crippen molar-refractivity contribution in [1.29, 1.82) is 0 Å². The van der Waals surface area contributed by atoms with Crippen LogP contribution in [0.3, 0.4) is 0 Å². The maximum Gasteiger partial charge on any atom is 0.0719 e. The van der Waals surface area contributed by atoms with Crippen molar-refractivity contribution in [2.45, 2.75) is 24.8 Å². The highest BCUT2D eigenvalue weighted by Crippen LogP contribution is 2.35. The summed E-state index contributed by atoms with van der Waals surface area (Å²) in [6, 6.07) is 15.6. The van der Waals surface area contributed by atoms with Crippen molar-refractivity contribution in [2.24, 2.45) is 11.5 Å². The molecule has 0 bridgehead atoms. The minimum atomic E-state index is -0.573. The highest BCUT2D eigenvalue weighted by molar-refractivity contribution is 6.31. The third kappa shape index (κ3) is 3.96. The van der Waals surface area contributed by atoms with Crippen LogP contribution in [0.4, 0.5) is 0 Å².